The van der Waals surface area contributed by atoms with Gasteiger partial charge in [-0.1, -0.05) is 31.0 Å². The first-order valence-electron chi connectivity index (χ1n) is 8.17. The SMILES string of the molecule is O=C(Nc1ccc2c(c1)C1(CCCC1)C(=O)N2)Oc1ccccc1. The quantitative estimate of drug-likeness (QED) is 0.876. The third-order valence-corrected chi connectivity index (χ3v) is 4.88. The zero-order chi connectivity index (χ0) is 16.6. The van der Waals surface area contributed by atoms with E-state index in [1.165, 1.54) is 0 Å². The van der Waals surface area contributed by atoms with Crippen LogP contribution in [0.4, 0.5) is 16.2 Å². The van der Waals surface area contributed by atoms with Crippen LogP contribution in [-0.4, -0.2) is 12.0 Å². The summed E-state index contributed by atoms with van der Waals surface area (Å²) in [6, 6.07) is 14.4. The van der Waals surface area contributed by atoms with E-state index in [2.05, 4.69) is 10.6 Å². The highest BCUT2D eigenvalue weighted by Crippen LogP contribution is 2.49. The van der Waals surface area contributed by atoms with E-state index < -0.39 is 11.5 Å². The Morgan fingerprint density at radius 2 is 1.83 bits per heavy atom. The number of nitrogens with one attached hydrogen (secondary N) is 2. The highest BCUT2D eigenvalue weighted by atomic mass is 16.6. The van der Waals surface area contributed by atoms with Crippen molar-refractivity contribution in [1.29, 1.82) is 0 Å². The second-order valence-corrected chi connectivity index (χ2v) is 6.33. The maximum absolute atomic E-state index is 12.4. The van der Waals surface area contributed by atoms with Crippen molar-refractivity contribution in [3.05, 3.63) is 54.1 Å². The van der Waals surface area contributed by atoms with Crippen LogP contribution in [0.5, 0.6) is 5.75 Å². The molecule has 2 N–H and O–H groups in total. The minimum Gasteiger partial charge on any atom is -0.410 e. The molecule has 2 aromatic carbocycles. The van der Waals surface area contributed by atoms with Crippen LogP contribution in [0.2, 0.25) is 0 Å². The summed E-state index contributed by atoms with van der Waals surface area (Å²) in [6.45, 7) is 0. The van der Waals surface area contributed by atoms with E-state index in [4.69, 9.17) is 4.74 Å². The van der Waals surface area contributed by atoms with Gasteiger partial charge in [0.2, 0.25) is 5.91 Å². The number of carbonyl (C=O) groups is 2. The smallest absolute Gasteiger partial charge is 0.410 e. The van der Waals surface area contributed by atoms with Crippen molar-refractivity contribution in [3.63, 3.8) is 0 Å². The minimum atomic E-state index is -0.543. The molecule has 2 amide bonds. The maximum atomic E-state index is 12.4. The monoisotopic (exact) mass is 322 g/mol. The number of anilines is 2. The van der Waals surface area contributed by atoms with Gasteiger partial charge in [0.1, 0.15) is 5.75 Å². The Hall–Kier alpha value is -2.82. The lowest BCUT2D eigenvalue weighted by Gasteiger charge is -2.21. The Kier molecular flexibility index (Phi) is 3.49. The molecule has 0 unspecified atom stereocenters. The molecule has 1 spiro atoms. The van der Waals surface area contributed by atoms with E-state index in [0.717, 1.165) is 36.9 Å². The topological polar surface area (TPSA) is 67.4 Å². The second-order valence-electron chi connectivity index (χ2n) is 6.33. The fraction of sp³-hybridized carbons (Fsp3) is 0.263. The van der Waals surface area contributed by atoms with Crippen molar-refractivity contribution in [2.45, 2.75) is 31.1 Å². The summed E-state index contributed by atoms with van der Waals surface area (Å²) in [6.07, 6.45) is 3.30. The maximum Gasteiger partial charge on any atom is 0.417 e. The van der Waals surface area contributed by atoms with Crippen LogP contribution in [0.25, 0.3) is 0 Å². The molecule has 0 atom stereocenters. The molecular formula is C19H18N2O3. The molecule has 122 valence electrons. The standard InChI is InChI=1S/C19H18N2O3/c22-17-19(10-4-5-11-19)15-12-13(8-9-16(15)21-17)20-18(23)24-14-6-2-1-3-7-14/h1-3,6-9,12H,4-5,10-11H2,(H,20,23)(H,21,22). The lowest BCUT2D eigenvalue weighted by Crippen LogP contribution is -2.31. The molecular weight excluding hydrogens is 304 g/mol. The number of rotatable bonds is 2. The van der Waals surface area contributed by atoms with E-state index >= 15 is 0 Å². The van der Waals surface area contributed by atoms with E-state index in [9.17, 15) is 9.59 Å². The summed E-state index contributed by atoms with van der Waals surface area (Å²) in [7, 11) is 0. The van der Waals surface area contributed by atoms with Gasteiger partial charge in [-0.25, -0.2) is 4.79 Å². The number of para-hydroxylation sites is 1. The molecule has 5 nitrogen and oxygen atoms in total. The molecule has 1 aliphatic carbocycles. The average molecular weight is 322 g/mol. The fourth-order valence-electron chi connectivity index (χ4n) is 3.71. The molecule has 5 heteroatoms. The zero-order valence-electron chi connectivity index (χ0n) is 13.2. The van der Waals surface area contributed by atoms with Gasteiger partial charge in [-0.15, -0.1) is 0 Å². The number of hydrogen-bond donors (Lipinski definition) is 2. The molecule has 1 fully saturated rings. The average Bonchev–Trinajstić information content (AvgIpc) is 3.17. The van der Waals surface area contributed by atoms with Crippen molar-refractivity contribution < 1.29 is 14.3 Å². The van der Waals surface area contributed by atoms with E-state index in [1.54, 1.807) is 30.3 Å². The zero-order valence-corrected chi connectivity index (χ0v) is 13.2. The number of amides is 2. The normalized spacial score (nSPS) is 17.4. The first kappa shape index (κ1) is 14.8. The second kappa shape index (κ2) is 5.67. The van der Waals surface area contributed by atoms with Crippen molar-refractivity contribution in [3.8, 4) is 5.75 Å². The summed E-state index contributed by atoms with van der Waals surface area (Å²) < 4.78 is 5.24. The highest BCUT2D eigenvalue weighted by molar-refractivity contribution is 6.07. The summed E-state index contributed by atoms with van der Waals surface area (Å²) in [4.78, 5) is 24.5. The molecule has 0 bridgehead atoms. The van der Waals surface area contributed by atoms with Crippen LogP contribution >= 0.6 is 0 Å². The van der Waals surface area contributed by atoms with Gasteiger partial charge in [-0.3, -0.25) is 10.1 Å². The van der Waals surface area contributed by atoms with Crippen LogP contribution in [-0.2, 0) is 10.2 Å². The number of benzene rings is 2. The van der Waals surface area contributed by atoms with Gasteiger partial charge in [-0.2, -0.15) is 0 Å². The Morgan fingerprint density at radius 1 is 1.08 bits per heavy atom. The first-order valence-corrected chi connectivity index (χ1v) is 8.17. The van der Waals surface area contributed by atoms with Crippen molar-refractivity contribution >= 4 is 23.4 Å². The molecule has 4 rings (SSSR count). The summed E-state index contributed by atoms with van der Waals surface area (Å²) in [5.74, 6) is 0.569. The molecule has 0 radical (unpaired) electrons. The van der Waals surface area contributed by atoms with Gasteiger partial charge in [0.15, 0.2) is 0 Å². The molecule has 2 aliphatic rings. The van der Waals surface area contributed by atoms with Gasteiger partial charge in [0.05, 0.1) is 5.41 Å². The molecule has 24 heavy (non-hydrogen) atoms. The van der Waals surface area contributed by atoms with Crippen molar-refractivity contribution in [1.82, 2.24) is 0 Å². The molecule has 1 saturated carbocycles. The molecule has 2 aromatic rings. The van der Waals surface area contributed by atoms with Crippen LogP contribution in [0.15, 0.2) is 48.5 Å². The van der Waals surface area contributed by atoms with Gasteiger partial charge in [0, 0.05) is 11.4 Å². The number of carbonyl (C=O) groups excluding carboxylic acids is 2. The summed E-state index contributed by atoms with van der Waals surface area (Å²) in [5.41, 5.74) is 2.06. The van der Waals surface area contributed by atoms with Gasteiger partial charge in [0.25, 0.3) is 0 Å². The molecule has 1 aliphatic heterocycles. The van der Waals surface area contributed by atoms with Crippen LogP contribution in [0.1, 0.15) is 31.2 Å². The Labute approximate surface area is 140 Å². The number of ether oxygens (including phenoxy) is 1. The molecule has 0 aromatic heterocycles. The third kappa shape index (κ3) is 2.42. The van der Waals surface area contributed by atoms with E-state index in [-0.39, 0.29) is 5.91 Å². The van der Waals surface area contributed by atoms with Gasteiger partial charge >= 0.3 is 6.09 Å². The van der Waals surface area contributed by atoms with E-state index in [1.807, 2.05) is 18.2 Å². The minimum absolute atomic E-state index is 0.0824. The lowest BCUT2D eigenvalue weighted by atomic mass is 9.80. The highest BCUT2D eigenvalue weighted by Gasteiger charge is 2.48. The predicted molar refractivity (Wildman–Crippen MR) is 91.3 cm³/mol. The van der Waals surface area contributed by atoms with Crippen molar-refractivity contribution in [2.75, 3.05) is 10.6 Å². The van der Waals surface area contributed by atoms with Gasteiger partial charge in [-0.05, 0) is 48.7 Å². The summed E-state index contributed by atoms with van der Waals surface area (Å²) in [5, 5.41) is 5.71. The first-order chi connectivity index (χ1) is 11.7. The third-order valence-electron chi connectivity index (χ3n) is 4.88. The number of hydrogen-bond acceptors (Lipinski definition) is 3. The largest absolute Gasteiger partial charge is 0.417 e. The lowest BCUT2D eigenvalue weighted by molar-refractivity contribution is -0.120. The molecule has 1 heterocycles. The van der Waals surface area contributed by atoms with Crippen molar-refractivity contribution in [2.24, 2.45) is 0 Å². The van der Waals surface area contributed by atoms with Crippen LogP contribution in [0, 0.1) is 0 Å². The Balaban J connectivity index is 1.55. The van der Waals surface area contributed by atoms with Crippen LogP contribution < -0.4 is 15.4 Å². The van der Waals surface area contributed by atoms with Gasteiger partial charge < -0.3 is 10.1 Å². The van der Waals surface area contributed by atoms with E-state index in [0.29, 0.717) is 11.4 Å². The van der Waals surface area contributed by atoms with Crippen LogP contribution in [0.3, 0.4) is 0 Å². The summed E-state index contributed by atoms with van der Waals surface area (Å²) >= 11 is 0. The molecule has 0 saturated heterocycles. The predicted octanol–water partition coefficient (Wildman–Crippen LogP) is 4.06. The fourth-order valence-corrected chi connectivity index (χ4v) is 3.71. The Morgan fingerprint density at radius 3 is 2.58 bits per heavy atom. The Bertz CT molecular complexity index is 796. The number of fused-ring (bicyclic) bond motifs is 2.